The van der Waals surface area contributed by atoms with E-state index in [0.29, 0.717) is 43.0 Å². The van der Waals surface area contributed by atoms with E-state index in [-0.39, 0.29) is 0 Å². The Hall–Kier alpha value is -1.16. The minimum atomic E-state index is -3.43. The van der Waals surface area contributed by atoms with Gasteiger partial charge < -0.3 is 15.8 Å². The van der Waals surface area contributed by atoms with E-state index in [1.807, 2.05) is 0 Å². The summed E-state index contributed by atoms with van der Waals surface area (Å²) in [4.78, 5) is 5.16. The molecule has 3 N–H and O–H groups in total. The number of sulfonamides is 1. The molecule has 0 aromatic carbocycles. The van der Waals surface area contributed by atoms with Crippen molar-refractivity contribution in [3.8, 4) is 0 Å². The Labute approximate surface area is 154 Å². The fraction of sp³-hybridized carbons (Fsp3) is 0.688. The summed E-state index contributed by atoms with van der Waals surface area (Å²) in [6.07, 6.45) is 4.70. The van der Waals surface area contributed by atoms with Crippen molar-refractivity contribution >= 4 is 27.3 Å². The van der Waals surface area contributed by atoms with Crippen LogP contribution in [0.2, 0.25) is 0 Å². The van der Waals surface area contributed by atoms with Crippen molar-refractivity contribution in [2.24, 2.45) is 10.7 Å². The van der Waals surface area contributed by atoms with E-state index in [2.05, 4.69) is 17.2 Å². The fourth-order valence-electron chi connectivity index (χ4n) is 2.48. The summed E-state index contributed by atoms with van der Waals surface area (Å²) in [5.41, 5.74) is 5.85. The van der Waals surface area contributed by atoms with Gasteiger partial charge in [-0.15, -0.1) is 11.3 Å². The van der Waals surface area contributed by atoms with Gasteiger partial charge in [-0.2, -0.15) is 4.31 Å². The highest BCUT2D eigenvalue weighted by molar-refractivity contribution is 7.91. The molecule has 1 aliphatic heterocycles. The quantitative estimate of drug-likeness (QED) is 0.382. The number of guanidine groups is 1. The molecule has 0 unspecified atom stereocenters. The zero-order valence-electron chi connectivity index (χ0n) is 14.7. The first-order valence-electron chi connectivity index (χ1n) is 8.74. The lowest BCUT2D eigenvalue weighted by Gasteiger charge is -2.25. The van der Waals surface area contributed by atoms with E-state index in [0.717, 1.165) is 17.8 Å². The van der Waals surface area contributed by atoms with Gasteiger partial charge >= 0.3 is 0 Å². The number of aliphatic imine (C=N–C) groups is 1. The number of ether oxygens (including phenoxy) is 1. The van der Waals surface area contributed by atoms with Crippen molar-refractivity contribution in [1.29, 1.82) is 0 Å². The molecule has 0 aliphatic carbocycles. The molecule has 0 saturated carbocycles. The molecule has 2 rings (SSSR count). The Morgan fingerprint density at radius 3 is 2.80 bits per heavy atom. The summed E-state index contributed by atoms with van der Waals surface area (Å²) in [5, 5.41) is 3.09. The molecule has 0 amide bonds. The summed E-state index contributed by atoms with van der Waals surface area (Å²) in [5.74, 6) is 0.405. The zero-order chi connectivity index (χ0) is 18.1. The Kier molecular flexibility index (Phi) is 8.14. The van der Waals surface area contributed by atoms with Crippen LogP contribution in [0.25, 0.3) is 0 Å². The van der Waals surface area contributed by atoms with Gasteiger partial charge in [0, 0.05) is 24.5 Å². The minimum absolute atomic E-state index is 0.352. The van der Waals surface area contributed by atoms with E-state index in [1.54, 1.807) is 12.1 Å². The van der Waals surface area contributed by atoms with Gasteiger partial charge in [-0.25, -0.2) is 13.4 Å². The van der Waals surface area contributed by atoms with E-state index in [4.69, 9.17) is 10.5 Å². The lowest BCUT2D eigenvalue weighted by Crippen LogP contribution is -2.40. The molecular formula is C16H28N4O3S2. The molecule has 142 valence electrons. The smallest absolute Gasteiger partial charge is 0.252 e. The van der Waals surface area contributed by atoms with Crippen LogP contribution in [0.15, 0.2) is 21.3 Å². The lowest BCUT2D eigenvalue weighted by molar-refractivity contribution is 0.0731. The molecule has 0 radical (unpaired) electrons. The average Bonchev–Trinajstić information content (AvgIpc) is 3.10. The number of nitrogens with two attached hydrogens (primary N) is 1. The Morgan fingerprint density at radius 2 is 2.08 bits per heavy atom. The molecule has 1 fully saturated rings. The van der Waals surface area contributed by atoms with Crippen molar-refractivity contribution < 1.29 is 13.2 Å². The standard InChI is InChI=1S/C16H28N4O3S2/c1-2-3-4-5-8-18-16(17)19-13-14-6-7-15(24-14)25(21,22)20-9-11-23-12-10-20/h6-7H,2-5,8-13H2,1H3,(H3,17,18,19). The zero-order valence-corrected chi connectivity index (χ0v) is 16.4. The molecule has 25 heavy (non-hydrogen) atoms. The normalized spacial score (nSPS) is 16.9. The van der Waals surface area contributed by atoms with E-state index in [9.17, 15) is 8.42 Å². The first kappa shape index (κ1) is 20.2. The molecule has 2 heterocycles. The van der Waals surface area contributed by atoms with Crippen molar-refractivity contribution in [3.05, 3.63) is 17.0 Å². The van der Waals surface area contributed by atoms with E-state index >= 15 is 0 Å². The van der Waals surface area contributed by atoms with Crippen LogP contribution in [0.4, 0.5) is 0 Å². The Balaban J connectivity index is 1.85. The second kappa shape index (κ2) is 10.1. The van der Waals surface area contributed by atoms with Gasteiger partial charge in [0.15, 0.2) is 5.96 Å². The second-order valence-electron chi connectivity index (χ2n) is 5.93. The molecule has 1 aliphatic rings. The van der Waals surface area contributed by atoms with Crippen LogP contribution in [0.3, 0.4) is 0 Å². The average molecular weight is 389 g/mol. The predicted molar refractivity (Wildman–Crippen MR) is 101 cm³/mol. The molecule has 0 spiro atoms. The summed E-state index contributed by atoms with van der Waals surface area (Å²) in [6, 6.07) is 3.45. The Bertz CT molecular complexity index is 652. The molecule has 0 atom stereocenters. The van der Waals surface area contributed by atoms with Crippen LogP contribution in [0.5, 0.6) is 0 Å². The third-order valence-corrected chi connectivity index (χ3v) is 7.38. The van der Waals surface area contributed by atoms with Gasteiger partial charge in [0.05, 0.1) is 19.8 Å². The number of unbranched alkanes of at least 4 members (excludes halogenated alkanes) is 3. The fourth-order valence-corrected chi connectivity index (χ4v) is 5.33. The van der Waals surface area contributed by atoms with E-state index in [1.165, 1.54) is 34.9 Å². The summed E-state index contributed by atoms with van der Waals surface area (Å²) < 4.78 is 32.2. The maximum Gasteiger partial charge on any atom is 0.252 e. The van der Waals surface area contributed by atoms with Gasteiger partial charge in [-0.05, 0) is 18.6 Å². The SMILES string of the molecule is CCCCCCNC(N)=NCc1ccc(S(=O)(=O)N2CCOCC2)s1. The Morgan fingerprint density at radius 1 is 1.32 bits per heavy atom. The third-order valence-electron chi connectivity index (χ3n) is 3.94. The molecule has 0 bridgehead atoms. The largest absolute Gasteiger partial charge is 0.379 e. The van der Waals surface area contributed by atoms with Crippen LogP contribution in [0, 0.1) is 0 Å². The van der Waals surface area contributed by atoms with Gasteiger partial charge in [-0.1, -0.05) is 26.2 Å². The van der Waals surface area contributed by atoms with Crippen LogP contribution < -0.4 is 11.1 Å². The van der Waals surface area contributed by atoms with Crippen LogP contribution in [-0.2, 0) is 21.3 Å². The van der Waals surface area contributed by atoms with Gasteiger partial charge in [0.25, 0.3) is 10.0 Å². The second-order valence-corrected chi connectivity index (χ2v) is 9.26. The summed E-state index contributed by atoms with van der Waals surface area (Å²) in [6.45, 7) is 5.08. The summed E-state index contributed by atoms with van der Waals surface area (Å²) >= 11 is 1.25. The number of hydrogen-bond acceptors (Lipinski definition) is 5. The van der Waals surface area contributed by atoms with Crippen molar-refractivity contribution in [3.63, 3.8) is 0 Å². The van der Waals surface area contributed by atoms with E-state index < -0.39 is 10.0 Å². The highest BCUT2D eigenvalue weighted by atomic mass is 32.2. The topological polar surface area (TPSA) is 97.0 Å². The van der Waals surface area contributed by atoms with Gasteiger partial charge in [-0.3, -0.25) is 0 Å². The van der Waals surface area contributed by atoms with Crippen LogP contribution in [-0.4, -0.2) is 51.5 Å². The monoisotopic (exact) mass is 388 g/mol. The predicted octanol–water partition coefficient (Wildman–Crippen LogP) is 1.75. The first-order valence-corrected chi connectivity index (χ1v) is 11.0. The summed E-state index contributed by atoms with van der Waals surface area (Å²) in [7, 11) is -3.43. The number of nitrogens with one attached hydrogen (secondary N) is 1. The number of thiophene rings is 1. The number of rotatable bonds is 9. The van der Waals surface area contributed by atoms with Crippen molar-refractivity contribution in [2.45, 2.75) is 43.4 Å². The van der Waals surface area contributed by atoms with Crippen molar-refractivity contribution in [2.75, 3.05) is 32.8 Å². The maximum absolute atomic E-state index is 12.6. The molecule has 1 aromatic rings. The molecule has 1 saturated heterocycles. The van der Waals surface area contributed by atoms with Gasteiger partial charge in [0.2, 0.25) is 0 Å². The minimum Gasteiger partial charge on any atom is -0.379 e. The highest BCUT2D eigenvalue weighted by Gasteiger charge is 2.27. The maximum atomic E-state index is 12.6. The molecule has 7 nitrogen and oxygen atoms in total. The lowest BCUT2D eigenvalue weighted by atomic mass is 10.2. The van der Waals surface area contributed by atoms with Crippen molar-refractivity contribution in [1.82, 2.24) is 9.62 Å². The molecule has 1 aromatic heterocycles. The first-order chi connectivity index (χ1) is 12.0. The highest BCUT2D eigenvalue weighted by Crippen LogP contribution is 2.26. The molecular weight excluding hydrogens is 360 g/mol. The third kappa shape index (κ3) is 6.25. The number of morpholine rings is 1. The number of nitrogens with zero attached hydrogens (tertiary/aromatic N) is 2. The van der Waals surface area contributed by atoms with Crippen LogP contribution in [0.1, 0.15) is 37.5 Å². The van der Waals surface area contributed by atoms with Crippen LogP contribution >= 0.6 is 11.3 Å². The molecule has 9 heteroatoms. The number of hydrogen-bond donors (Lipinski definition) is 2. The van der Waals surface area contributed by atoms with Gasteiger partial charge in [0.1, 0.15) is 4.21 Å².